The SMILES string of the molecule is NC1=NC2=C(C=CC(=O)C2Cc2ccccc2)C1. The Hall–Kier alpha value is -2.16. The predicted molar refractivity (Wildman–Crippen MR) is 71.0 cm³/mol. The molecule has 0 amide bonds. The quantitative estimate of drug-likeness (QED) is 0.856. The van der Waals surface area contributed by atoms with E-state index in [1.807, 2.05) is 36.4 Å². The molecule has 1 atom stereocenters. The summed E-state index contributed by atoms with van der Waals surface area (Å²) < 4.78 is 0. The van der Waals surface area contributed by atoms with Crippen LogP contribution in [0.15, 0.2) is 58.7 Å². The first-order valence-electron chi connectivity index (χ1n) is 6.06. The first-order valence-corrected chi connectivity index (χ1v) is 6.06. The highest BCUT2D eigenvalue weighted by atomic mass is 16.1. The van der Waals surface area contributed by atoms with Crippen LogP contribution in [0, 0.1) is 5.92 Å². The van der Waals surface area contributed by atoms with Crippen molar-refractivity contribution < 1.29 is 4.79 Å². The van der Waals surface area contributed by atoms with Gasteiger partial charge in [-0.3, -0.25) is 4.79 Å². The largest absolute Gasteiger partial charge is 0.387 e. The molecule has 0 fully saturated rings. The molecule has 18 heavy (non-hydrogen) atoms. The molecule has 3 heteroatoms. The van der Waals surface area contributed by atoms with E-state index in [2.05, 4.69) is 4.99 Å². The van der Waals surface area contributed by atoms with Gasteiger partial charge in [-0.2, -0.15) is 0 Å². The van der Waals surface area contributed by atoms with Crippen molar-refractivity contribution in [1.29, 1.82) is 0 Å². The molecule has 90 valence electrons. The summed E-state index contributed by atoms with van der Waals surface area (Å²) in [7, 11) is 0. The van der Waals surface area contributed by atoms with Gasteiger partial charge >= 0.3 is 0 Å². The zero-order valence-corrected chi connectivity index (χ0v) is 9.97. The van der Waals surface area contributed by atoms with Crippen molar-refractivity contribution in [3.63, 3.8) is 0 Å². The Morgan fingerprint density at radius 1 is 1.22 bits per heavy atom. The number of rotatable bonds is 2. The van der Waals surface area contributed by atoms with Crippen LogP contribution in [0.1, 0.15) is 12.0 Å². The van der Waals surface area contributed by atoms with Crippen molar-refractivity contribution >= 4 is 11.6 Å². The van der Waals surface area contributed by atoms with Crippen molar-refractivity contribution in [3.05, 3.63) is 59.3 Å². The first-order chi connectivity index (χ1) is 8.74. The average molecular weight is 238 g/mol. The molecule has 1 heterocycles. The Morgan fingerprint density at radius 2 is 2.00 bits per heavy atom. The van der Waals surface area contributed by atoms with Gasteiger partial charge in [0, 0.05) is 6.42 Å². The maximum atomic E-state index is 12.0. The first kappa shape index (κ1) is 11.0. The van der Waals surface area contributed by atoms with Crippen LogP contribution >= 0.6 is 0 Å². The minimum Gasteiger partial charge on any atom is -0.387 e. The van der Waals surface area contributed by atoms with Gasteiger partial charge in [-0.25, -0.2) is 4.99 Å². The predicted octanol–water partition coefficient (Wildman–Crippen LogP) is 2.00. The Morgan fingerprint density at radius 3 is 2.78 bits per heavy atom. The van der Waals surface area contributed by atoms with Crippen LogP contribution in [0.2, 0.25) is 0 Å². The highest BCUT2D eigenvalue weighted by Gasteiger charge is 2.30. The number of allylic oxidation sites excluding steroid dienone is 3. The van der Waals surface area contributed by atoms with E-state index in [9.17, 15) is 4.79 Å². The molecule has 0 saturated carbocycles. The topological polar surface area (TPSA) is 55.4 Å². The van der Waals surface area contributed by atoms with E-state index >= 15 is 0 Å². The van der Waals surface area contributed by atoms with Gasteiger partial charge in [0.15, 0.2) is 5.78 Å². The van der Waals surface area contributed by atoms with Crippen LogP contribution < -0.4 is 5.73 Å². The second kappa shape index (κ2) is 4.26. The number of carbonyl (C=O) groups is 1. The van der Waals surface area contributed by atoms with Crippen molar-refractivity contribution in [2.45, 2.75) is 12.8 Å². The van der Waals surface area contributed by atoms with Gasteiger partial charge in [-0.1, -0.05) is 36.4 Å². The second-order valence-electron chi connectivity index (χ2n) is 4.67. The lowest BCUT2D eigenvalue weighted by Crippen LogP contribution is -2.19. The summed E-state index contributed by atoms with van der Waals surface area (Å²) in [5.41, 5.74) is 8.87. The Bertz CT molecular complexity index is 582. The molecule has 0 saturated heterocycles. The zero-order chi connectivity index (χ0) is 12.5. The van der Waals surface area contributed by atoms with Gasteiger partial charge in [0.25, 0.3) is 0 Å². The van der Waals surface area contributed by atoms with E-state index in [1.165, 1.54) is 0 Å². The van der Waals surface area contributed by atoms with E-state index in [-0.39, 0.29) is 11.7 Å². The van der Waals surface area contributed by atoms with Crippen LogP contribution in [-0.2, 0) is 11.2 Å². The van der Waals surface area contributed by atoms with Crippen molar-refractivity contribution in [3.8, 4) is 0 Å². The molecule has 0 radical (unpaired) electrons. The fourth-order valence-electron chi connectivity index (χ4n) is 2.48. The number of aliphatic imine (C=N–C) groups is 1. The van der Waals surface area contributed by atoms with Crippen LogP contribution in [0.4, 0.5) is 0 Å². The summed E-state index contributed by atoms with van der Waals surface area (Å²) in [5, 5.41) is 0. The molecule has 2 aliphatic rings. The van der Waals surface area contributed by atoms with Crippen LogP contribution in [-0.4, -0.2) is 11.6 Å². The van der Waals surface area contributed by atoms with Gasteiger partial charge in [0.05, 0.1) is 11.6 Å². The summed E-state index contributed by atoms with van der Waals surface area (Å²) in [5.74, 6) is 0.557. The van der Waals surface area contributed by atoms with Crippen molar-refractivity contribution in [2.75, 3.05) is 0 Å². The van der Waals surface area contributed by atoms with E-state index < -0.39 is 0 Å². The maximum Gasteiger partial charge on any atom is 0.165 e. The highest BCUT2D eigenvalue weighted by Crippen LogP contribution is 2.32. The lowest BCUT2D eigenvalue weighted by atomic mass is 9.86. The molecule has 1 aromatic carbocycles. The van der Waals surface area contributed by atoms with E-state index in [0.717, 1.165) is 16.8 Å². The number of carbonyl (C=O) groups excluding carboxylic acids is 1. The molecule has 0 spiro atoms. The number of nitrogens with zero attached hydrogens (tertiary/aromatic N) is 1. The van der Waals surface area contributed by atoms with Crippen molar-refractivity contribution in [2.24, 2.45) is 16.6 Å². The summed E-state index contributed by atoms with van der Waals surface area (Å²) >= 11 is 0. The maximum absolute atomic E-state index is 12.0. The molecular weight excluding hydrogens is 224 g/mol. The van der Waals surface area contributed by atoms with Crippen LogP contribution in [0.25, 0.3) is 0 Å². The zero-order valence-electron chi connectivity index (χ0n) is 9.97. The summed E-state index contributed by atoms with van der Waals surface area (Å²) in [6.07, 6.45) is 4.87. The number of ketones is 1. The van der Waals surface area contributed by atoms with E-state index in [0.29, 0.717) is 18.7 Å². The smallest absolute Gasteiger partial charge is 0.165 e. The van der Waals surface area contributed by atoms with Crippen LogP contribution in [0.5, 0.6) is 0 Å². The molecule has 3 nitrogen and oxygen atoms in total. The monoisotopic (exact) mass is 238 g/mol. The minimum atomic E-state index is -0.173. The minimum absolute atomic E-state index is 0.121. The number of amidine groups is 1. The Labute approximate surface area is 106 Å². The normalized spacial score (nSPS) is 22.1. The number of hydrogen-bond acceptors (Lipinski definition) is 3. The third-order valence-electron chi connectivity index (χ3n) is 3.37. The molecule has 1 unspecified atom stereocenters. The number of benzene rings is 1. The Balaban J connectivity index is 1.91. The lowest BCUT2D eigenvalue weighted by Gasteiger charge is -2.18. The molecule has 0 aromatic heterocycles. The average Bonchev–Trinajstić information content (AvgIpc) is 2.75. The highest BCUT2D eigenvalue weighted by molar-refractivity contribution is 5.99. The number of hydrogen-bond donors (Lipinski definition) is 1. The Kier molecular flexibility index (Phi) is 2.59. The van der Waals surface area contributed by atoms with Crippen LogP contribution in [0.3, 0.4) is 0 Å². The summed E-state index contributed by atoms with van der Waals surface area (Å²) in [4.78, 5) is 16.4. The molecule has 2 N–H and O–H groups in total. The molecule has 1 aromatic rings. The third-order valence-corrected chi connectivity index (χ3v) is 3.37. The molecular formula is C15H14N2O. The molecule has 1 aliphatic heterocycles. The molecule has 3 rings (SSSR count). The van der Waals surface area contributed by atoms with Crippen molar-refractivity contribution in [1.82, 2.24) is 0 Å². The second-order valence-corrected chi connectivity index (χ2v) is 4.67. The lowest BCUT2D eigenvalue weighted by molar-refractivity contribution is -0.117. The van der Waals surface area contributed by atoms with Gasteiger partial charge in [0.1, 0.15) is 5.84 Å². The van der Waals surface area contributed by atoms with Gasteiger partial charge in [-0.05, 0) is 23.6 Å². The summed E-state index contributed by atoms with van der Waals surface area (Å²) in [6, 6.07) is 10.0. The van der Waals surface area contributed by atoms with Gasteiger partial charge in [0.2, 0.25) is 0 Å². The molecule has 0 bridgehead atoms. The molecule has 1 aliphatic carbocycles. The fraction of sp³-hybridized carbons (Fsp3) is 0.200. The fourth-order valence-corrected chi connectivity index (χ4v) is 2.48. The summed E-state index contributed by atoms with van der Waals surface area (Å²) in [6.45, 7) is 0. The third kappa shape index (κ3) is 1.88. The van der Waals surface area contributed by atoms with Gasteiger partial charge < -0.3 is 5.73 Å². The van der Waals surface area contributed by atoms with E-state index in [4.69, 9.17) is 5.73 Å². The number of nitrogens with two attached hydrogens (primary N) is 1. The standard InChI is InChI=1S/C15H14N2O/c16-14-9-11-6-7-13(18)12(15(11)17-14)8-10-4-2-1-3-5-10/h1-7,12H,8-9H2,(H2,16,17). The van der Waals surface area contributed by atoms with Gasteiger partial charge in [-0.15, -0.1) is 0 Å². The van der Waals surface area contributed by atoms with E-state index in [1.54, 1.807) is 6.08 Å².